The zero-order valence-corrected chi connectivity index (χ0v) is 11.6. The van der Waals surface area contributed by atoms with E-state index in [9.17, 15) is 13.2 Å². The van der Waals surface area contributed by atoms with Crippen molar-refractivity contribution in [2.75, 3.05) is 21.3 Å². The van der Waals surface area contributed by atoms with Crippen LogP contribution in [-0.4, -0.2) is 27.5 Å². The third-order valence-corrected chi connectivity index (χ3v) is 2.87. The van der Waals surface area contributed by atoms with Crippen molar-refractivity contribution in [2.24, 2.45) is 5.73 Å². The molecule has 20 heavy (non-hydrogen) atoms. The van der Waals surface area contributed by atoms with E-state index in [1.54, 1.807) is 12.1 Å². The Morgan fingerprint density at radius 3 is 1.95 bits per heavy atom. The summed E-state index contributed by atoms with van der Waals surface area (Å²) in [6.45, 7) is 0. The molecule has 1 aromatic rings. The minimum absolute atomic E-state index is 0.227. The second kappa shape index (κ2) is 6.69. The molecule has 0 bridgehead atoms. The maximum absolute atomic E-state index is 12.2. The van der Waals surface area contributed by atoms with Gasteiger partial charge in [-0.25, -0.2) is 0 Å². The molecule has 0 fully saturated rings. The molecule has 1 aromatic carbocycles. The Morgan fingerprint density at radius 2 is 1.50 bits per heavy atom. The number of halogens is 3. The van der Waals surface area contributed by atoms with Crippen molar-refractivity contribution in [2.45, 2.75) is 25.1 Å². The van der Waals surface area contributed by atoms with E-state index in [1.165, 1.54) is 21.3 Å². The Balaban J connectivity index is 3.03. The standard InChI is InChI=1S/C13H18F3NO3/c1-18-10-7-12(20-3)11(19-2)6-8(10)9(17)4-5-13(14,15)16/h6-7,9H,4-5,17H2,1-3H3/t9-/m0/s1. The smallest absolute Gasteiger partial charge is 0.389 e. The maximum atomic E-state index is 12.2. The lowest BCUT2D eigenvalue weighted by Crippen LogP contribution is -2.16. The fourth-order valence-corrected chi connectivity index (χ4v) is 1.82. The van der Waals surface area contributed by atoms with Crippen LogP contribution in [0.1, 0.15) is 24.4 Å². The summed E-state index contributed by atoms with van der Waals surface area (Å²) in [6.07, 6.45) is -5.41. The van der Waals surface area contributed by atoms with E-state index in [4.69, 9.17) is 19.9 Å². The Labute approximate surface area is 115 Å². The number of methoxy groups -OCH3 is 3. The lowest BCUT2D eigenvalue weighted by atomic mass is 10.0. The number of rotatable bonds is 6. The van der Waals surface area contributed by atoms with Gasteiger partial charge in [0, 0.05) is 24.1 Å². The third kappa shape index (κ3) is 4.19. The van der Waals surface area contributed by atoms with Crippen molar-refractivity contribution >= 4 is 0 Å². The molecule has 1 atom stereocenters. The molecule has 0 aliphatic carbocycles. The molecule has 4 nitrogen and oxygen atoms in total. The highest BCUT2D eigenvalue weighted by Gasteiger charge is 2.29. The summed E-state index contributed by atoms with van der Waals surface area (Å²) in [7, 11) is 4.32. The molecular formula is C13H18F3NO3. The molecule has 0 saturated heterocycles. The fourth-order valence-electron chi connectivity index (χ4n) is 1.82. The highest BCUT2D eigenvalue weighted by Crippen LogP contribution is 2.38. The molecule has 0 unspecified atom stereocenters. The zero-order chi connectivity index (χ0) is 15.3. The van der Waals surface area contributed by atoms with Gasteiger partial charge in [0.1, 0.15) is 5.75 Å². The van der Waals surface area contributed by atoms with Gasteiger partial charge in [-0.05, 0) is 12.5 Å². The summed E-state index contributed by atoms with van der Waals surface area (Å²) in [5.74, 6) is 1.19. The molecule has 0 aliphatic rings. The number of benzene rings is 1. The maximum Gasteiger partial charge on any atom is 0.389 e. The summed E-state index contributed by atoms with van der Waals surface area (Å²) in [6, 6.07) is 2.28. The molecular weight excluding hydrogens is 275 g/mol. The van der Waals surface area contributed by atoms with Gasteiger partial charge in [0.05, 0.1) is 21.3 Å². The summed E-state index contributed by atoms with van der Waals surface area (Å²) in [5.41, 5.74) is 6.27. The van der Waals surface area contributed by atoms with E-state index < -0.39 is 18.6 Å². The predicted molar refractivity (Wildman–Crippen MR) is 68.3 cm³/mol. The monoisotopic (exact) mass is 293 g/mol. The lowest BCUT2D eigenvalue weighted by Gasteiger charge is -2.19. The summed E-state index contributed by atoms with van der Waals surface area (Å²) in [4.78, 5) is 0. The topological polar surface area (TPSA) is 53.7 Å². The summed E-state index contributed by atoms with van der Waals surface area (Å²) in [5, 5.41) is 0. The minimum Gasteiger partial charge on any atom is -0.496 e. The van der Waals surface area contributed by atoms with E-state index in [1.807, 2.05) is 0 Å². The van der Waals surface area contributed by atoms with Crippen molar-refractivity contribution in [3.63, 3.8) is 0 Å². The predicted octanol–water partition coefficient (Wildman–Crippen LogP) is 3.05. The van der Waals surface area contributed by atoms with Crippen molar-refractivity contribution in [3.05, 3.63) is 17.7 Å². The van der Waals surface area contributed by atoms with Gasteiger partial charge in [-0.2, -0.15) is 13.2 Å². The average Bonchev–Trinajstić information content (AvgIpc) is 2.42. The first-order valence-corrected chi connectivity index (χ1v) is 5.94. The number of hydrogen-bond acceptors (Lipinski definition) is 4. The van der Waals surface area contributed by atoms with Gasteiger partial charge in [0.15, 0.2) is 11.5 Å². The van der Waals surface area contributed by atoms with Gasteiger partial charge in [-0.15, -0.1) is 0 Å². The van der Waals surface area contributed by atoms with E-state index in [-0.39, 0.29) is 6.42 Å². The van der Waals surface area contributed by atoms with Crippen molar-refractivity contribution in [3.8, 4) is 17.2 Å². The molecule has 0 aliphatic heterocycles. The van der Waals surface area contributed by atoms with Gasteiger partial charge >= 0.3 is 6.18 Å². The van der Waals surface area contributed by atoms with Gasteiger partial charge in [-0.3, -0.25) is 0 Å². The minimum atomic E-state index is -4.23. The van der Waals surface area contributed by atoms with Crippen LogP contribution in [0.5, 0.6) is 17.2 Å². The molecule has 0 saturated carbocycles. The van der Waals surface area contributed by atoms with Crippen molar-refractivity contribution < 1.29 is 27.4 Å². The average molecular weight is 293 g/mol. The number of alkyl halides is 3. The number of hydrogen-bond donors (Lipinski definition) is 1. The van der Waals surface area contributed by atoms with E-state index in [0.717, 1.165) is 0 Å². The van der Waals surface area contributed by atoms with Gasteiger partial charge in [0.2, 0.25) is 0 Å². The van der Waals surface area contributed by atoms with Crippen LogP contribution in [0.25, 0.3) is 0 Å². The van der Waals surface area contributed by atoms with Crippen molar-refractivity contribution in [1.82, 2.24) is 0 Å². The first-order valence-electron chi connectivity index (χ1n) is 5.94. The Bertz CT molecular complexity index is 449. The molecule has 2 N–H and O–H groups in total. The Hall–Kier alpha value is -1.63. The lowest BCUT2D eigenvalue weighted by molar-refractivity contribution is -0.136. The molecule has 1 rings (SSSR count). The number of ether oxygens (including phenoxy) is 3. The fraction of sp³-hybridized carbons (Fsp3) is 0.538. The molecule has 0 spiro atoms. The second-order valence-corrected chi connectivity index (χ2v) is 4.21. The van der Waals surface area contributed by atoms with Crippen LogP contribution < -0.4 is 19.9 Å². The molecule has 0 aromatic heterocycles. The highest BCUT2D eigenvalue weighted by molar-refractivity contribution is 5.51. The molecule has 0 radical (unpaired) electrons. The largest absolute Gasteiger partial charge is 0.496 e. The van der Waals surface area contributed by atoms with E-state index in [2.05, 4.69) is 0 Å². The van der Waals surface area contributed by atoms with E-state index in [0.29, 0.717) is 22.8 Å². The molecule has 0 heterocycles. The Morgan fingerprint density at radius 1 is 1.00 bits per heavy atom. The van der Waals surface area contributed by atoms with Crippen LogP contribution in [0.3, 0.4) is 0 Å². The van der Waals surface area contributed by atoms with Gasteiger partial charge in [0.25, 0.3) is 0 Å². The molecule has 0 amide bonds. The molecule has 114 valence electrons. The quantitative estimate of drug-likeness (QED) is 0.876. The highest BCUT2D eigenvalue weighted by atomic mass is 19.4. The van der Waals surface area contributed by atoms with Crippen LogP contribution in [0.2, 0.25) is 0 Å². The summed E-state index contributed by atoms with van der Waals surface area (Å²) >= 11 is 0. The van der Waals surface area contributed by atoms with Crippen molar-refractivity contribution in [1.29, 1.82) is 0 Å². The Kier molecular flexibility index (Phi) is 5.50. The van der Waals surface area contributed by atoms with Crippen LogP contribution in [-0.2, 0) is 0 Å². The normalized spacial score (nSPS) is 12.9. The van der Waals surface area contributed by atoms with Crippen LogP contribution in [0.4, 0.5) is 13.2 Å². The van der Waals surface area contributed by atoms with E-state index >= 15 is 0 Å². The summed E-state index contributed by atoms with van der Waals surface area (Å²) < 4.78 is 52.1. The van der Waals surface area contributed by atoms with Gasteiger partial charge in [-0.1, -0.05) is 0 Å². The first kappa shape index (κ1) is 16.4. The SMILES string of the molecule is COc1cc(OC)c([C@@H](N)CCC(F)(F)F)cc1OC. The molecule has 7 heteroatoms. The van der Waals surface area contributed by atoms with Crippen LogP contribution in [0, 0.1) is 0 Å². The van der Waals surface area contributed by atoms with Crippen LogP contribution in [0.15, 0.2) is 12.1 Å². The van der Waals surface area contributed by atoms with Gasteiger partial charge < -0.3 is 19.9 Å². The zero-order valence-electron chi connectivity index (χ0n) is 11.6. The third-order valence-electron chi connectivity index (χ3n) is 2.87. The van der Waals surface area contributed by atoms with Crippen LogP contribution >= 0.6 is 0 Å². The second-order valence-electron chi connectivity index (χ2n) is 4.21. The number of nitrogens with two attached hydrogens (primary N) is 1. The first-order chi connectivity index (χ1) is 9.32.